The molecule has 0 bridgehead atoms. The van der Waals surface area contributed by atoms with Crippen LogP contribution in [0.2, 0.25) is 0 Å². The Bertz CT molecular complexity index is 356. The number of carbonyl (C=O) groups is 2. The number of nitrogens with zero attached hydrogens (tertiary/aromatic N) is 1. The lowest BCUT2D eigenvalue weighted by atomic mass is 10.3. The maximum atomic E-state index is 11.5. The van der Waals surface area contributed by atoms with E-state index in [4.69, 9.17) is 11.6 Å². The van der Waals surface area contributed by atoms with Gasteiger partial charge < -0.3 is 10.6 Å². The second-order valence-corrected chi connectivity index (χ2v) is 3.25. The van der Waals surface area contributed by atoms with Crippen molar-refractivity contribution in [3.05, 3.63) is 30.1 Å². The quantitative estimate of drug-likeness (QED) is 0.570. The smallest absolute Gasteiger partial charge is 0.252 e. The second-order valence-electron chi connectivity index (χ2n) is 2.98. The summed E-state index contributed by atoms with van der Waals surface area (Å²) < 4.78 is 0. The number of nitrogens with one attached hydrogen (secondary N) is 2. The first kappa shape index (κ1) is 12.4. The third kappa shape index (κ3) is 4.27. The number of hydrogen-bond acceptors (Lipinski definition) is 3. The largest absolute Gasteiger partial charge is 0.353 e. The Kier molecular flexibility index (Phi) is 5.28. The molecule has 5 nitrogen and oxygen atoms in total. The van der Waals surface area contributed by atoms with Crippen LogP contribution in [0.25, 0.3) is 0 Å². The third-order valence-corrected chi connectivity index (χ3v) is 2.02. The van der Waals surface area contributed by atoms with Crippen LogP contribution in [-0.4, -0.2) is 35.8 Å². The summed E-state index contributed by atoms with van der Waals surface area (Å²) in [4.78, 5) is 26.1. The summed E-state index contributed by atoms with van der Waals surface area (Å²) in [6.07, 6.45) is 3.07. The van der Waals surface area contributed by atoms with Crippen molar-refractivity contribution in [2.24, 2.45) is 0 Å². The zero-order chi connectivity index (χ0) is 11.8. The molecule has 0 atom stereocenters. The van der Waals surface area contributed by atoms with Gasteiger partial charge in [0.05, 0.1) is 5.56 Å². The van der Waals surface area contributed by atoms with Crippen molar-refractivity contribution in [2.75, 3.05) is 19.0 Å². The molecule has 6 heteroatoms. The molecule has 0 fully saturated rings. The summed E-state index contributed by atoms with van der Waals surface area (Å²) in [5.41, 5.74) is 0.492. The molecule has 86 valence electrons. The molecule has 0 radical (unpaired) electrons. The number of rotatable bonds is 5. The van der Waals surface area contributed by atoms with Crippen molar-refractivity contribution in [2.45, 2.75) is 0 Å². The van der Waals surface area contributed by atoms with Gasteiger partial charge in [0.1, 0.15) is 5.88 Å². The Morgan fingerprint density at radius 1 is 1.31 bits per heavy atom. The molecule has 0 aliphatic rings. The van der Waals surface area contributed by atoms with Gasteiger partial charge >= 0.3 is 0 Å². The Balaban J connectivity index is 2.24. The molecule has 1 heterocycles. The number of pyridine rings is 1. The summed E-state index contributed by atoms with van der Waals surface area (Å²) >= 11 is 5.28. The summed E-state index contributed by atoms with van der Waals surface area (Å²) in [5.74, 6) is -0.540. The van der Waals surface area contributed by atoms with Gasteiger partial charge in [-0.05, 0) is 12.1 Å². The lowest BCUT2D eigenvalue weighted by Gasteiger charge is -2.05. The Labute approximate surface area is 98.2 Å². The number of amides is 2. The molecule has 1 aromatic rings. The molecule has 16 heavy (non-hydrogen) atoms. The molecule has 1 aromatic heterocycles. The molecule has 0 aliphatic heterocycles. The Morgan fingerprint density at radius 3 is 2.69 bits per heavy atom. The predicted octanol–water partition coefficient (Wildman–Crippen LogP) is 0.166. The molecule has 2 amide bonds. The van der Waals surface area contributed by atoms with Gasteiger partial charge in [-0.3, -0.25) is 14.6 Å². The van der Waals surface area contributed by atoms with E-state index in [1.54, 1.807) is 18.3 Å². The molecule has 2 N–H and O–H groups in total. The van der Waals surface area contributed by atoms with Gasteiger partial charge in [0.15, 0.2) is 0 Å². The normalized spacial score (nSPS) is 9.56. The van der Waals surface area contributed by atoms with Crippen LogP contribution in [0.3, 0.4) is 0 Å². The van der Waals surface area contributed by atoms with Gasteiger partial charge in [-0.1, -0.05) is 0 Å². The van der Waals surface area contributed by atoms with E-state index in [0.29, 0.717) is 18.7 Å². The fourth-order valence-corrected chi connectivity index (χ4v) is 1.12. The number of carbonyl (C=O) groups excluding carboxylic acids is 2. The van der Waals surface area contributed by atoms with Crippen molar-refractivity contribution in [1.29, 1.82) is 0 Å². The van der Waals surface area contributed by atoms with E-state index in [-0.39, 0.29) is 17.7 Å². The summed E-state index contributed by atoms with van der Waals surface area (Å²) in [6, 6.07) is 3.35. The molecular formula is C10H12ClN3O2. The molecule has 0 aromatic carbocycles. The maximum absolute atomic E-state index is 11.5. The standard InChI is InChI=1S/C10H12ClN3O2/c11-6-9(15)13-4-5-14-10(16)8-2-1-3-12-7-8/h1-3,7H,4-6H2,(H,13,15)(H,14,16). The number of aromatic nitrogens is 1. The minimum atomic E-state index is -0.253. The van der Waals surface area contributed by atoms with Crippen LogP contribution in [0.1, 0.15) is 10.4 Å². The van der Waals surface area contributed by atoms with Crippen LogP contribution in [0, 0.1) is 0 Å². The average molecular weight is 242 g/mol. The molecule has 0 unspecified atom stereocenters. The molecule has 0 saturated carbocycles. The Hall–Kier alpha value is -1.62. The fourth-order valence-electron chi connectivity index (χ4n) is 1.02. The molecule has 0 aliphatic carbocycles. The van der Waals surface area contributed by atoms with Gasteiger partial charge in [0.25, 0.3) is 5.91 Å². The van der Waals surface area contributed by atoms with Crippen LogP contribution < -0.4 is 10.6 Å². The minimum Gasteiger partial charge on any atom is -0.353 e. The first-order valence-electron chi connectivity index (χ1n) is 4.75. The first-order valence-corrected chi connectivity index (χ1v) is 5.28. The average Bonchev–Trinajstić information content (AvgIpc) is 2.35. The van der Waals surface area contributed by atoms with E-state index in [1.807, 2.05) is 0 Å². The van der Waals surface area contributed by atoms with Crippen LogP contribution in [-0.2, 0) is 4.79 Å². The summed E-state index contributed by atoms with van der Waals surface area (Å²) in [7, 11) is 0. The monoisotopic (exact) mass is 241 g/mol. The molecule has 0 spiro atoms. The van der Waals surface area contributed by atoms with Crippen molar-refractivity contribution >= 4 is 23.4 Å². The third-order valence-electron chi connectivity index (χ3n) is 1.78. The van der Waals surface area contributed by atoms with Gasteiger partial charge in [0, 0.05) is 25.5 Å². The highest BCUT2D eigenvalue weighted by Crippen LogP contribution is 1.93. The highest BCUT2D eigenvalue weighted by molar-refractivity contribution is 6.27. The van der Waals surface area contributed by atoms with E-state index in [9.17, 15) is 9.59 Å². The fraction of sp³-hybridized carbons (Fsp3) is 0.300. The van der Waals surface area contributed by atoms with Gasteiger partial charge in [0.2, 0.25) is 5.91 Å². The zero-order valence-electron chi connectivity index (χ0n) is 8.57. The topological polar surface area (TPSA) is 71.1 Å². The SMILES string of the molecule is O=C(CCl)NCCNC(=O)c1cccnc1. The van der Waals surface area contributed by atoms with E-state index in [1.165, 1.54) is 6.20 Å². The first-order chi connectivity index (χ1) is 7.74. The van der Waals surface area contributed by atoms with Gasteiger partial charge in [-0.25, -0.2) is 0 Å². The highest BCUT2D eigenvalue weighted by atomic mass is 35.5. The number of alkyl halides is 1. The highest BCUT2D eigenvalue weighted by Gasteiger charge is 2.03. The summed E-state index contributed by atoms with van der Waals surface area (Å²) in [5, 5.41) is 5.18. The van der Waals surface area contributed by atoms with Crippen molar-refractivity contribution in [3.63, 3.8) is 0 Å². The van der Waals surface area contributed by atoms with Crippen LogP contribution >= 0.6 is 11.6 Å². The van der Waals surface area contributed by atoms with Crippen LogP contribution in [0.15, 0.2) is 24.5 Å². The maximum Gasteiger partial charge on any atom is 0.252 e. The second kappa shape index (κ2) is 6.79. The van der Waals surface area contributed by atoms with E-state index < -0.39 is 0 Å². The van der Waals surface area contributed by atoms with Crippen molar-refractivity contribution in [1.82, 2.24) is 15.6 Å². The minimum absolute atomic E-state index is 0.0729. The van der Waals surface area contributed by atoms with E-state index in [0.717, 1.165) is 0 Å². The van der Waals surface area contributed by atoms with Crippen LogP contribution in [0.5, 0.6) is 0 Å². The molecular weight excluding hydrogens is 230 g/mol. The van der Waals surface area contributed by atoms with Crippen molar-refractivity contribution in [3.8, 4) is 0 Å². The lowest BCUT2D eigenvalue weighted by molar-refractivity contribution is -0.118. The van der Waals surface area contributed by atoms with Gasteiger partial charge in [-0.15, -0.1) is 11.6 Å². The Morgan fingerprint density at radius 2 is 2.06 bits per heavy atom. The van der Waals surface area contributed by atoms with E-state index >= 15 is 0 Å². The molecule has 0 saturated heterocycles. The van der Waals surface area contributed by atoms with Gasteiger partial charge in [-0.2, -0.15) is 0 Å². The van der Waals surface area contributed by atoms with E-state index in [2.05, 4.69) is 15.6 Å². The molecule has 1 rings (SSSR count). The lowest BCUT2D eigenvalue weighted by Crippen LogP contribution is -2.35. The van der Waals surface area contributed by atoms with Crippen molar-refractivity contribution < 1.29 is 9.59 Å². The number of hydrogen-bond donors (Lipinski definition) is 2. The van der Waals surface area contributed by atoms with Crippen LogP contribution in [0.4, 0.5) is 0 Å². The number of halogens is 1. The predicted molar refractivity (Wildman–Crippen MR) is 60.3 cm³/mol. The summed E-state index contributed by atoms with van der Waals surface area (Å²) in [6.45, 7) is 0.716. The zero-order valence-corrected chi connectivity index (χ0v) is 9.33.